The number of nitrogen functional groups attached to an aromatic ring is 2. The van der Waals surface area contributed by atoms with Crippen molar-refractivity contribution in [2.75, 3.05) is 30.0 Å². The summed E-state index contributed by atoms with van der Waals surface area (Å²) in [5.41, 5.74) is 11.5. The first-order valence-electron chi connectivity index (χ1n) is 5.63. The lowest BCUT2D eigenvalue weighted by Crippen LogP contribution is -2.50. The minimum Gasteiger partial charge on any atom is -0.396 e. The third-order valence-electron chi connectivity index (χ3n) is 3.36. The van der Waals surface area contributed by atoms with E-state index in [-0.39, 0.29) is 47.9 Å². The van der Waals surface area contributed by atoms with Crippen LogP contribution in [0, 0.1) is 11.8 Å². The molecule has 8 heteroatoms. The maximum Gasteiger partial charge on any atom is 0.223 e. The first kappa shape index (κ1) is 13.1. The second kappa shape index (κ2) is 5.13. The van der Waals surface area contributed by atoms with E-state index < -0.39 is 0 Å². The molecular weight excluding hydrogens is 258 g/mol. The summed E-state index contributed by atoms with van der Waals surface area (Å²) in [6, 6.07) is -0.000170. The molecule has 7 N–H and O–H groups in total. The molecule has 1 aliphatic carbocycles. The fraction of sp³-hybridized carbons (Fsp3) is 0.600. The molecule has 0 unspecified atom stereocenters. The van der Waals surface area contributed by atoms with E-state index in [1.165, 1.54) is 0 Å². The third-order valence-corrected chi connectivity index (χ3v) is 3.65. The second-order valence-electron chi connectivity index (χ2n) is 4.41. The normalized spacial score (nSPS) is 26.7. The molecule has 1 aromatic rings. The predicted molar refractivity (Wildman–Crippen MR) is 69.0 cm³/mol. The van der Waals surface area contributed by atoms with Gasteiger partial charge in [0, 0.05) is 25.2 Å². The van der Waals surface area contributed by atoms with E-state index in [9.17, 15) is 5.11 Å². The molecule has 1 saturated carbocycles. The summed E-state index contributed by atoms with van der Waals surface area (Å²) in [4.78, 5) is 7.71. The van der Waals surface area contributed by atoms with Crippen molar-refractivity contribution in [3.8, 4) is 0 Å². The van der Waals surface area contributed by atoms with E-state index in [4.69, 9.17) is 28.2 Å². The van der Waals surface area contributed by atoms with Gasteiger partial charge in [-0.25, -0.2) is 0 Å². The van der Waals surface area contributed by atoms with Gasteiger partial charge in [0.25, 0.3) is 0 Å². The van der Waals surface area contributed by atoms with Gasteiger partial charge in [0.2, 0.25) is 5.95 Å². The average Bonchev–Trinajstić information content (AvgIpc) is 2.30. The highest BCUT2D eigenvalue weighted by Gasteiger charge is 2.40. The molecule has 0 amide bonds. The summed E-state index contributed by atoms with van der Waals surface area (Å²) < 4.78 is 0. The Balaban J connectivity index is 2.11. The van der Waals surface area contributed by atoms with Gasteiger partial charge < -0.3 is 27.0 Å². The Morgan fingerprint density at radius 1 is 1.28 bits per heavy atom. The van der Waals surface area contributed by atoms with Crippen molar-refractivity contribution < 1.29 is 10.2 Å². The lowest BCUT2D eigenvalue weighted by Gasteiger charge is -2.43. The fourth-order valence-electron chi connectivity index (χ4n) is 2.20. The Kier molecular flexibility index (Phi) is 3.74. The van der Waals surface area contributed by atoms with Crippen LogP contribution in [-0.2, 0) is 0 Å². The maximum absolute atomic E-state index is 9.25. The van der Waals surface area contributed by atoms with Crippen LogP contribution in [0.15, 0.2) is 0 Å². The molecule has 2 rings (SSSR count). The van der Waals surface area contributed by atoms with Crippen LogP contribution >= 0.6 is 11.6 Å². The monoisotopic (exact) mass is 273 g/mol. The number of hydrogen-bond acceptors (Lipinski definition) is 7. The van der Waals surface area contributed by atoms with Crippen LogP contribution in [0.1, 0.15) is 6.42 Å². The number of halogens is 1. The van der Waals surface area contributed by atoms with Crippen molar-refractivity contribution in [3.05, 3.63) is 5.15 Å². The highest BCUT2D eigenvalue weighted by Crippen LogP contribution is 2.37. The van der Waals surface area contributed by atoms with Crippen molar-refractivity contribution in [1.29, 1.82) is 0 Å². The van der Waals surface area contributed by atoms with Crippen molar-refractivity contribution in [2.24, 2.45) is 11.8 Å². The molecule has 100 valence electrons. The smallest absolute Gasteiger partial charge is 0.223 e. The fourth-order valence-corrected chi connectivity index (χ4v) is 2.38. The van der Waals surface area contributed by atoms with Crippen LogP contribution in [0.2, 0.25) is 5.15 Å². The summed E-state index contributed by atoms with van der Waals surface area (Å²) in [6.07, 6.45) is 0.739. The number of anilines is 3. The maximum atomic E-state index is 9.25. The molecule has 0 aliphatic heterocycles. The minimum atomic E-state index is -0.0237. The van der Waals surface area contributed by atoms with Crippen LogP contribution in [0.5, 0.6) is 0 Å². The van der Waals surface area contributed by atoms with Gasteiger partial charge in [-0.05, 0) is 12.3 Å². The molecular formula is C10H16ClN5O2. The predicted octanol–water partition coefficient (Wildman–Crippen LogP) is -0.304. The Morgan fingerprint density at radius 2 is 2.00 bits per heavy atom. The number of rotatable bonds is 4. The van der Waals surface area contributed by atoms with Crippen LogP contribution in [-0.4, -0.2) is 39.4 Å². The molecule has 0 saturated heterocycles. The first-order chi connectivity index (χ1) is 8.56. The zero-order valence-electron chi connectivity index (χ0n) is 9.67. The zero-order chi connectivity index (χ0) is 13.3. The standard InChI is InChI=1S/C10H16ClN5O2/c11-8-7(12)9(16-10(13)15-8)14-6-1-4(2-17)5(6)3-18/h4-6,17-18H,1-3,12H2,(H3,13,14,15,16)/t4-,5-,6-/m1/s1. The molecule has 0 spiro atoms. The average molecular weight is 274 g/mol. The van der Waals surface area contributed by atoms with E-state index in [0.717, 1.165) is 6.42 Å². The van der Waals surface area contributed by atoms with Gasteiger partial charge in [0.15, 0.2) is 11.0 Å². The van der Waals surface area contributed by atoms with Crippen molar-refractivity contribution in [2.45, 2.75) is 12.5 Å². The number of aromatic nitrogens is 2. The lowest BCUT2D eigenvalue weighted by molar-refractivity contribution is 0.0328. The Hall–Kier alpha value is -1.31. The van der Waals surface area contributed by atoms with E-state index in [0.29, 0.717) is 5.82 Å². The topological polar surface area (TPSA) is 130 Å². The molecule has 18 heavy (non-hydrogen) atoms. The number of hydrogen-bond donors (Lipinski definition) is 5. The van der Waals surface area contributed by atoms with Gasteiger partial charge in [-0.2, -0.15) is 9.97 Å². The zero-order valence-corrected chi connectivity index (χ0v) is 10.4. The Bertz CT molecular complexity index is 445. The number of nitrogens with two attached hydrogens (primary N) is 2. The molecule has 1 aliphatic rings. The summed E-state index contributed by atoms with van der Waals surface area (Å²) in [5, 5.41) is 21.5. The van der Waals surface area contributed by atoms with Crippen LogP contribution in [0.25, 0.3) is 0 Å². The molecule has 1 heterocycles. The molecule has 3 atom stereocenters. The van der Waals surface area contributed by atoms with E-state index in [1.807, 2.05) is 0 Å². The molecule has 0 radical (unpaired) electrons. The summed E-state index contributed by atoms with van der Waals surface area (Å²) in [6.45, 7) is 0.0582. The van der Waals surface area contributed by atoms with E-state index >= 15 is 0 Å². The number of nitrogens with zero attached hydrogens (tertiary/aromatic N) is 2. The lowest BCUT2D eigenvalue weighted by atomic mass is 9.70. The van der Waals surface area contributed by atoms with Crippen molar-refractivity contribution >= 4 is 29.1 Å². The van der Waals surface area contributed by atoms with Gasteiger partial charge in [-0.3, -0.25) is 0 Å². The summed E-state index contributed by atoms with van der Waals surface area (Å²) in [5.74, 6) is 0.482. The SMILES string of the molecule is Nc1nc(Cl)c(N)c(N[C@@H]2C[C@H](CO)[C@H]2CO)n1. The largest absolute Gasteiger partial charge is 0.396 e. The summed E-state index contributed by atoms with van der Waals surface area (Å²) in [7, 11) is 0. The number of aliphatic hydroxyl groups excluding tert-OH is 2. The van der Waals surface area contributed by atoms with E-state index in [2.05, 4.69) is 15.3 Å². The number of aliphatic hydroxyl groups is 2. The molecule has 7 nitrogen and oxygen atoms in total. The van der Waals surface area contributed by atoms with Gasteiger partial charge in [0.1, 0.15) is 5.69 Å². The highest BCUT2D eigenvalue weighted by atomic mass is 35.5. The Labute approximate surface area is 109 Å². The van der Waals surface area contributed by atoms with Gasteiger partial charge in [-0.15, -0.1) is 0 Å². The highest BCUT2D eigenvalue weighted by molar-refractivity contribution is 6.32. The van der Waals surface area contributed by atoms with Gasteiger partial charge >= 0.3 is 0 Å². The number of nitrogens with one attached hydrogen (secondary N) is 1. The summed E-state index contributed by atoms with van der Waals surface area (Å²) >= 11 is 5.80. The minimum absolute atomic E-state index is 0.000170. The quantitative estimate of drug-likeness (QED) is 0.476. The Morgan fingerprint density at radius 3 is 2.61 bits per heavy atom. The second-order valence-corrected chi connectivity index (χ2v) is 4.77. The third kappa shape index (κ3) is 2.29. The molecule has 0 aromatic carbocycles. The van der Waals surface area contributed by atoms with Crippen LogP contribution in [0.4, 0.5) is 17.5 Å². The van der Waals surface area contributed by atoms with Crippen molar-refractivity contribution in [1.82, 2.24) is 9.97 Å². The van der Waals surface area contributed by atoms with Gasteiger partial charge in [0.05, 0.1) is 0 Å². The van der Waals surface area contributed by atoms with Crippen molar-refractivity contribution in [3.63, 3.8) is 0 Å². The molecule has 1 fully saturated rings. The van der Waals surface area contributed by atoms with Crippen LogP contribution < -0.4 is 16.8 Å². The molecule has 0 bridgehead atoms. The molecule has 1 aromatic heterocycles. The first-order valence-corrected chi connectivity index (χ1v) is 6.01. The van der Waals surface area contributed by atoms with E-state index in [1.54, 1.807) is 0 Å². The van der Waals surface area contributed by atoms with Gasteiger partial charge in [-0.1, -0.05) is 11.6 Å². The van der Waals surface area contributed by atoms with Crippen LogP contribution in [0.3, 0.4) is 0 Å².